The second kappa shape index (κ2) is 6.86. The van der Waals surface area contributed by atoms with Crippen molar-refractivity contribution in [2.75, 3.05) is 6.61 Å². The Balaban J connectivity index is 2.58. The maximum Gasteiger partial charge on any atom is 0.350 e. The molecule has 0 unspecified atom stereocenters. The van der Waals surface area contributed by atoms with Crippen LogP contribution in [0.2, 0.25) is 0 Å². The predicted octanol–water partition coefficient (Wildman–Crippen LogP) is 4.15. The lowest BCUT2D eigenvalue weighted by Gasteiger charge is -2.01. The van der Waals surface area contributed by atoms with E-state index in [2.05, 4.69) is 15.0 Å². The lowest BCUT2D eigenvalue weighted by Crippen LogP contribution is -2.03. The molecule has 0 N–H and O–H groups in total. The van der Waals surface area contributed by atoms with Gasteiger partial charge in [-0.2, -0.15) is 0 Å². The standard InChI is InChI=1S/C13H11N5O4S/c1-3-22-13(19)11-7(2)15-12(23-11)9-6-8(18(20)21)4-5-10(9)16-17-14/h4-6H,3H2,1-2H3. The molecule has 0 bridgehead atoms. The molecule has 0 spiro atoms. The highest BCUT2D eigenvalue weighted by Gasteiger charge is 2.20. The number of nitro groups is 1. The number of ether oxygens (including phenoxy) is 1. The third-order valence-corrected chi connectivity index (χ3v) is 4.00. The predicted molar refractivity (Wildman–Crippen MR) is 83.7 cm³/mol. The van der Waals surface area contributed by atoms with E-state index in [0.29, 0.717) is 21.1 Å². The number of non-ortho nitro benzene ring substituents is 1. The zero-order chi connectivity index (χ0) is 17.0. The van der Waals surface area contributed by atoms with Crippen LogP contribution >= 0.6 is 11.3 Å². The molecule has 1 aromatic heterocycles. The fraction of sp³-hybridized carbons (Fsp3) is 0.231. The van der Waals surface area contributed by atoms with E-state index in [4.69, 9.17) is 10.3 Å². The van der Waals surface area contributed by atoms with E-state index in [9.17, 15) is 14.9 Å². The van der Waals surface area contributed by atoms with Gasteiger partial charge in [0.2, 0.25) is 0 Å². The molecule has 1 aromatic carbocycles. The maximum absolute atomic E-state index is 11.9. The van der Waals surface area contributed by atoms with Crippen molar-refractivity contribution in [1.29, 1.82) is 0 Å². The average molecular weight is 333 g/mol. The monoisotopic (exact) mass is 333 g/mol. The van der Waals surface area contributed by atoms with Crippen molar-refractivity contribution in [2.24, 2.45) is 5.11 Å². The molecule has 2 rings (SSSR count). The van der Waals surface area contributed by atoms with Crippen molar-refractivity contribution in [3.05, 3.63) is 49.3 Å². The number of aryl methyl sites for hydroxylation is 1. The van der Waals surface area contributed by atoms with Gasteiger partial charge in [0.05, 0.1) is 17.2 Å². The SMILES string of the molecule is CCOC(=O)c1sc(-c2cc([N+](=O)[O-])ccc2N=[N+]=[N-])nc1C. The number of rotatable bonds is 5. The first-order valence-corrected chi connectivity index (χ1v) is 7.28. The van der Waals surface area contributed by atoms with Gasteiger partial charge in [-0.1, -0.05) is 5.11 Å². The van der Waals surface area contributed by atoms with Gasteiger partial charge < -0.3 is 4.74 Å². The highest BCUT2D eigenvalue weighted by molar-refractivity contribution is 7.17. The van der Waals surface area contributed by atoms with Gasteiger partial charge in [-0.15, -0.1) is 11.3 Å². The minimum absolute atomic E-state index is 0.164. The third-order valence-electron chi connectivity index (χ3n) is 2.83. The maximum atomic E-state index is 11.9. The van der Waals surface area contributed by atoms with Gasteiger partial charge in [0.15, 0.2) is 0 Å². The fourth-order valence-electron chi connectivity index (χ4n) is 1.84. The number of benzene rings is 1. The Labute approximate surface area is 134 Å². The normalized spacial score (nSPS) is 10.0. The zero-order valence-electron chi connectivity index (χ0n) is 12.2. The van der Waals surface area contributed by atoms with E-state index in [1.54, 1.807) is 13.8 Å². The number of carbonyl (C=O) groups excluding carboxylic acids is 1. The summed E-state index contributed by atoms with van der Waals surface area (Å²) in [6.07, 6.45) is 0. The van der Waals surface area contributed by atoms with Crippen LogP contribution in [0.1, 0.15) is 22.3 Å². The molecule has 0 fully saturated rings. The molecule has 1 heterocycles. The van der Waals surface area contributed by atoms with Crippen molar-refractivity contribution in [2.45, 2.75) is 13.8 Å². The molecule has 0 aliphatic carbocycles. The second-order valence-corrected chi connectivity index (χ2v) is 5.30. The molecule has 0 saturated heterocycles. The van der Waals surface area contributed by atoms with E-state index in [1.165, 1.54) is 18.2 Å². The lowest BCUT2D eigenvalue weighted by molar-refractivity contribution is -0.384. The number of nitro benzene ring substituents is 1. The van der Waals surface area contributed by atoms with Gasteiger partial charge in [0.1, 0.15) is 9.88 Å². The van der Waals surface area contributed by atoms with E-state index in [1.807, 2.05) is 0 Å². The van der Waals surface area contributed by atoms with Gasteiger partial charge in [-0.3, -0.25) is 10.1 Å². The van der Waals surface area contributed by atoms with Crippen molar-refractivity contribution >= 4 is 28.7 Å². The Morgan fingerprint density at radius 1 is 1.57 bits per heavy atom. The van der Waals surface area contributed by atoms with Crippen LogP contribution < -0.4 is 0 Å². The summed E-state index contributed by atoms with van der Waals surface area (Å²) in [4.78, 5) is 29.5. The molecule has 0 saturated carbocycles. The summed E-state index contributed by atoms with van der Waals surface area (Å²) in [5.41, 5.74) is 9.39. The summed E-state index contributed by atoms with van der Waals surface area (Å²) in [5.74, 6) is -0.510. The van der Waals surface area contributed by atoms with Crippen LogP contribution in [-0.4, -0.2) is 22.5 Å². The lowest BCUT2D eigenvalue weighted by atomic mass is 10.1. The van der Waals surface area contributed by atoms with Crippen LogP contribution in [0, 0.1) is 17.0 Å². The minimum atomic E-state index is -0.559. The van der Waals surface area contributed by atoms with E-state index < -0.39 is 10.9 Å². The molecule has 118 valence electrons. The number of aromatic nitrogens is 1. The van der Waals surface area contributed by atoms with Gasteiger partial charge >= 0.3 is 5.97 Å². The Morgan fingerprint density at radius 2 is 2.30 bits per heavy atom. The zero-order valence-corrected chi connectivity index (χ0v) is 13.0. The van der Waals surface area contributed by atoms with Crippen molar-refractivity contribution in [3.8, 4) is 10.6 Å². The van der Waals surface area contributed by atoms with Gasteiger partial charge in [-0.05, 0) is 25.4 Å². The summed E-state index contributed by atoms with van der Waals surface area (Å²) in [5, 5.41) is 14.8. The van der Waals surface area contributed by atoms with Crippen LogP contribution in [-0.2, 0) is 4.74 Å². The Kier molecular flexibility index (Phi) is 4.89. The number of carbonyl (C=O) groups is 1. The van der Waals surface area contributed by atoms with Crippen molar-refractivity contribution in [1.82, 2.24) is 4.98 Å². The summed E-state index contributed by atoms with van der Waals surface area (Å²) in [6, 6.07) is 3.84. The van der Waals surface area contributed by atoms with Crippen molar-refractivity contribution in [3.63, 3.8) is 0 Å². The molecular formula is C13H11N5O4S. The van der Waals surface area contributed by atoms with Crippen LogP contribution in [0.25, 0.3) is 21.0 Å². The van der Waals surface area contributed by atoms with Gasteiger partial charge in [0.25, 0.3) is 5.69 Å². The van der Waals surface area contributed by atoms with Gasteiger partial charge in [-0.25, -0.2) is 9.78 Å². The number of nitrogens with zero attached hydrogens (tertiary/aromatic N) is 5. The highest BCUT2D eigenvalue weighted by atomic mass is 32.1. The number of esters is 1. The summed E-state index contributed by atoms with van der Waals surface area (Å²) >= 11 is 1.03. The largest absolute Gasteiger partial charge is 0.462 e. The second-order valence-electron chi connectivity index (χ2n) is 4.30. The quantitative estimate of drug-likeness (QED) is 0.202. The molecular weight excluding hydrogens is 322 g/mol. The molecule has 0 aliphatic rings. The first kappa shape index (κ1) is 16.4. The van der Waals surface area contributed by atoms with Gasteiger partial charge in [0, 0.05) is 28.3 Å². The first-order chi connectivity index (χ1) is 11.0. The number of hydrogen-bond donors (Lipinski definition) is 0. The summed E-state index contributed by atoms with van der Waals surface area (Å²) < 4.78 is 4.94. The van der Waals surface area contributed by atoms with E-state index in [0.717, 1.165) is 11.3 Å². The molecule has 0 amide bonds. The molecule has 10 heteroatoms. The Morgan fingerprint density at radius 3 is 2.91 bits per heavy atom. The fourth-order valence-corrected chi connectivity index (χ4v) is 2.83. The molecule has 0 radical (unpaired) electrons. The molecule has 23 heavy (non-hydrogen) atoms. The molecule has 0 aliphatic heterocycles. The topological polar surface area (TPSA) is 131 Å². The number of azide groups is 1. The first-order valence-electron chi connectivity index (χ1n) is 6.46. The Bertz CT molecular complexity index is 826. The minimum Gasteiger partial charge on any atom is -0.462 e. The van der Waals surface area contributed by atoms with Crippen LogP contribution in [0.15, 0.2) is 23.3 Å². The summed E-state index contributed by atoms with van der Waals surface area (Å²) in [7, 11) is 0. The highest BCUT2D eigenvalue weighted by Crippen LogP contribution is 2.37. The van der Waals surface area contributed by atoms with Crippen molar-refractivity contribution < 1.29 is 14.5 Å². The van der Waals surface area contributed by atoms with Crippen LogP contribution in [0.4, 0.5) is 11.4 Å². The van der Waals surface area contributed by atoms with E-state index >= 15 is 0 Å². The van der Waals surface area contributed by atoms with Crippen LogP contribution in [0.5, 0.6) is 0 Å². The average Bonchev–Trinajstić information content (AvgIpc) is 2.90. The Hall–Kier alpha value is -2.97. The van der Waals surface area contributed by atoms with E-state index in [-0.39, 0.29) is 18.0 Å². The molecule has 2 aromatic rings. The summed E-state index contributed by atoms with van der Waals surface area (Å²) in [6.45, 7) is 3.55. The van der Waals surface area contributed by atoms with Crippen LogP contribution in [0.3, 0.4) is 0 Å². The smallest absolute Gasteiger partial charge is 0.350 e. The molecule has 0 atom stereocenters. The third kappa shape index (κ3) is 3.44. The number of hydrogen-bond acceptors (Lipinski definition) is 7. The number of thiazole rings is 1. The molecule has 9 nitrogen and oxygen atoms in total.